The number of ether oxygens (including phenoxy) is 1. The maximum atomic E-state index is 9.43. The van der Waals surface area contributed by atoms with Gasteiger partial charge in [-0.25, -0.2) is 9.97 Å². The predicted octanol–water partition coefficient (Wildman–Crippen LogP) is 3.08. The van der Waals surface area contributed by atoms with Crippen LogP contribution in [-0.2, 0) is 0 Å². The third-order valence-electron chi connectivity index (χ3n) is 5.62. The van der Waals surface area contributed by atoms with E-state index in [0.29, 0.717) is 17.8 Å². The zero-order chi connectivity index (χ0) is 17.2. The van der Waals surface area contributed by atoms with Gasteiger partial charge in [0.05, 0.1) is 18.5 Å². The summed E-state index contributed by atoms with van der Waals surface area (Å²) in [5.74, 6) is 3.07. The SMILES string of the molecule is CC(CN1C[C@H]2CC(Oc3cncnc3)C[C@H]2C1)c1ccc(O)cc1. The zero-order valence-electron chi connectivity index (χ0n) is 14.6. The summed E-state index contributed by atoms with van der Waals surface area (Å²) in [7, 11) is 0. The van der Waals surface area contributed by atoms with Crippen molar-refractivity contribution in [2.75, 3.05) is 19.6 Å². The Balaban J connectivity index is 1.28. The largest absolute Gasteiger partial charge is 0.508 e. The van der Waals surface area contributed by atoms with Gasteiger partial charge in [0.1, 0.15) is 12.1 Å². The fourth-order valence-corrected chi connectivity index (χ4v) is 4.42. The van der Waals surface area contributed by atoms with E-state index >= 15 is 0 Å². The molecule has 132 valence electrons. The van der Waals surface area contributed by atoms with Crippen LogP contribution in [0.1, 0.15) is 31.2 Å². The van der Waals surface area contributed by atoms with Crippen molar-refractivity contribution in [3.05, 3.63) is 48.5 Å². The molecule has 5 nitrogen and oxygen atoms in total. The van der Waals surface area contributed by atoms with Crippen molar-refractivity contribution in [3.63, 3.8) is 0 Å². The van der Waals surface area contributed by atoms with E-state index in [1.807, 2.05) is 12.1 Å². The van der Waals surface area contributed by atoms with Gasteiger partial charge in [-0.1, -0.05) is 19.1 Å². The van der Waals surface area contributed by atoms with Crippen molar-refractivity contribution < 1.29 is 9.84 Å². The van der Waals surface area contributed by atoms with E-state index in [1.165, 1.54) is 11.9 Å². The Morgan fingerprint density at radius 3 is 2.40 bits per heavy atom. The molecule has 1 saturated heterocycles. The number of rotatable bonds is 5. The van der Waals surface area contributed by atoms with Crippen LogP contribution >= 0.6 is 0 Å². The number of fused-ring (bicyclic) bond motifs is 1. The molecule has 2 aromatic rings. The second-order valence-electron chi connectivity index (χ2n) is 7.52. The van der Waals surface area contributed by atoms with Gasteiger partial charge < -0.3 is 14.7 Å². The Morgan fingerprint density at radius 1 is 1.12 bits per heavy atom. The van der Waals surface area contributed by atoms with E-state index in [0.717, 1.165) is 50.1 Å². The number of aromatic nitrogens is 2. The Labute approximate surface area is 148 Å². The van der Waals surface area contributed by atoms with Crippen molar-refractivity contribution in [2.45, 2.75) is 31.8 Å². The van der Waals surface area contributed by atoms with Gasteiger partial charge in [0.2, 0.25) is 0 Å². The Bertz CT molecular complexity index is 678. The molecule has 25 heavy (non-hydrogen) atoms. The quantitative estimate of drug-likeness (QED) is 0.907. The second kappa shape index (κ2) is 7.00. The lowest BCUT2D eigenvalue weighted by molar-refractivity contribution is 0.183. The molecule has 2 fully saturated rings. The molecule has 1 saturated carbocycles. The van der Waals surface area contributed by atoms with Gasteiger partial charge in [-0.05, 0) is 48.3 Å². The molecule has 2 unspecified atom stereocenters. The number of aromatic hydroxyl groups is 1. The number of likely N-dealkylation sites (tertiary alicyclic amines) is 1. The average molecular weight is 339 g/mol. The van der Waals surface area contributed by atoms with E-state index in [2.05, 4.69) is 21.8 Å². The number of phenolic OH excluding ortho intramolecular Hbond substituents is 1. The van der Waals surface area contributed by atoms with E-state index < -0.39 is 0 Å². The first kappa shape index (κ1) is 16.3. The normalized spacial score (nSPS) is 27.2. The number of hydrogen-bond acceptors (Lipinski definition) is 5. The summed E-state index contributed by atoms with van der Waals surface area (Å²) in [6, 6.07) is 7.62. The summed E-state index contributed by atoms with van der Waals surface area (Å²) in [5, 5.41) is 9.43. The Morgan fingerprint density at radius 2 is 1.76 bits per heavy atom. The highest BCUT2D eigenvalue weighted by Gasteiger charge is 2.42. The zero-order valence-corrected chi connectivity index (χ0v) is 14.6. The highest BCUT2D eigenvalue weighted by Crippen LogP contribution is 2.40. The fourth-order valence-electron chi connectivity index (χ4n) is 4.42. The molecular formula is C20H25N3O2. The highest BCUT2D eigenvalue weighted by molar-refractivity contribution is 5.28. The van der Waals surface area contributed by atoms with Gasteiger partial charge in [-0.3, -0.25) is 0 Å². The summed E-state index contributed by atoms with van der Waals surface area (Å²) < 4.78 is 6.04. The maximum Gasteiger partial charge on any atom is 0.156 e. The standard InChI is InChI=1S/C20H25N3O2/c1-14(15-2-4-18(24)5-3-15)10-23-11-16-6-19(7-17(16)12-23)25-20-8-21-13-22-9-20/h2-5,8-9,13-14,16-17,19,24H,6-7,10-12H2,1H3/t14?,16-,17+,19?. The minimum absolute atomic E-state index is 0.303. The lowest BCUT2D eigenvalue weighted by Crippen LogP contribution is -2.28. The van der Waals surface area contributed by atoms with Gasteiger partial charge in [0.25, 0.3) is 0 Å². The predicted molar refractivity (Wildman–Crippen MR) is 95.6 cm³/mol. The molecule has 2 heterocycles. The number of phenols is 1. The summed E-state index contributed by atoms with van der Waals surface area (Å²) in [6.07, 6.45) is 7.58. The maximum absolute atomic E-state index is 9.43. The molecule has 0 amide bonds. The first-order valence-corrected chi connectivity index (χ1v) is 9.10. The third-order valence-corrected chi connectivity index (χ3v) is 5.62. The van der Waals surface area contributed by atoms with Gasteiger partial charge >= 0.3 is 0 Å². The molecule has 1 aliphatic carbocycles. The molecule has 1 aromatic heterocycles. The molecule has 0 bridgehead atoms. The van der Waals surface area contributed by atoms with Gasteiger partial charge in [0.15, 0.2) is 5.75 Å². The van der Waals surface area contributed by atoms with Gasteiger partial charge in [-0.2, -0.15) is 0 Å². The van der Waals surface area contributed by atoms with Crippen LogP contribution in [0.5, 0.6) is 11.5 Å². The molecule has 4 rings (SSSR count). The summed E-state index contributed by atoms with van der Waals surface area (Å²) in [5.41, 5.74) is 1.29. The van der Waals surface area contributed by atoms with E-state index in [4.69, 9.17) is 4.74 Å². The average Bonchev–Trinajstić information content (AvgIpc) is 3.14. The number of hydrogen-bond donors (Lipinski definition) is 1. The highest BCUT2D eigenvalue weighted by atomic mass is 16.5. The van der Waals surface area contributed by atoms with Crippen LogP contribution in [0.2, 0.25) is 0 Å². The molecule has 2 aliphatic rings. The first-order valence-electron chi connectivity index (χ1n) is 9.10. The topological polar surface area (TPSA) is 58.5 Å². The summed E-state index contributed by atoms with van der Waals surface area (Å²) in [6.45, 7) is 5.67. The monoisotopic (exact) mass is 339 g/mol. The van der Waals surface area contributed by atoms with Crippen molar-refractivity contribution in [2.24, 2.45) is 11.8 Å². The molecule has 0 radical (unpaired) electrons. The van der Waals surface area contributed by atoms with Crippen LogP contribution in [0, 0.1) is 11.8 Å². The fraction of sp³-hybridized carbons (Fsp3) is 0.500. The molecule has 0 spiro atoms. The van der Waals surface area contributed by atoms with Crippen LogP contribution in [0.15, 0.2) is 43.0 Å². The van der Waals surface area contributed by atoms with Crippen LogP contribution in [0.3, 0.4) is 0 Å². The molecule has 1 N–H and O–H groups in total. The summed E-state index contributed by atoms with van der Waals surface area (Å²) >= 11 is 0. The minimum atomic E-state index is 0.303. The molecule has 1 aromatic carbocycles. The number of nitrogens with zero attached hydrogens (tertiary/aromatic N) is 3. The van der Waals surface area contributed by atoms with Crippen molar-refractivity contribution >= 4 is 0 Å². The lowest BCUT2D eigenvalue weighted by atomic mass is 10.0. The summed E-state index contributed by atoms with van der Waals surface area (Å²) in [4.78, 5) is 10.6. The van der Waals surface area contributed by atoms with Crippen LogP contribution in [-0.4, -0.2) is 45.7 Å². The van der Waals surface area contributed by atoms with Crippen molar-refractivity contribution in [3.8, 4) is 11.5 Å². The molecule has 5 heteroatoms. The molecular weight excluding hydrogens is 314 g/mol. The van der Waals surface area contributed by atoms with Crippen molar-refractivity contribution in [1.82, 2.24) is 14.9 Å². The van der Waals surface area contributed by atoms with Crippen LogP contribution in [0.25, 0.3) is 0 Å². The van der Waals surface area contributed by atoms with E-state index in [9.17, 15) is 5.11 Å². The minimum Gasteiger partial charge on any atom is -0.508 e. The molecule has 1 aliphatic heterocycles. The van der Waals surface area contributed by atoms with E-state index in [-0.39, 0.29) is 0 Å². The van der Waals surface area contributed by atoms with Gasteiger partial charge in [-0.15, -0.1) is 0 Å². The van der Waals surface area contributed by atoms with E-state index in [1.54, 1.807) is 24.5 Å². The van der Waals surface area contributed by atoms with Crippen LogP contribution < -0.4 is 4.74 Å². The van der Waals surface area contributed by atoms with Gasteiger partial charge in [0, 0.05) is 19.6 Å². The Kier molecular flexibility index (Phi) is 4.57. The lowest BCUT2D eigenvalue weighted by Gasteiger charge is -2.23. The van der Waals surface area contributed by atoms with Crippen molar-refractivity contribution in [1.29, 1.82) is 0 Å². The third kappa shape index (κ3) is 3.76. The number of benzene rings is 1. The second-order valence-corrected chi connectivity index (χ2v) is 7.52. The van der Waals surface area contributed by atoms with Crippen LogP contribution in [0.4, 0.5) is 0 Å². The first-order chi connectivity index (χ1) is 12.2. The smallest absolute Gasteiger partial charge is 0.156 e. The Hall–Kier alpha value is -2.14. The molecule has 4 atom stereocenters.